The van der Waals surface area contributed by atoms with E-state index in [-0.39, 0.29) is 30.3 Å². The van der Waals surface area contributed by atoms with Crippen molar-refractivity contribution in [1.29, 1.82) is 0 Å². The van der Waals surface area contributed by atoms with Gasteiger partial charge in [-0.3, -0.25) is 14.4 Å². The Bertz CT molecular complexity index is 856. The van der Waals surface area contributed by atoms with Crippen LogP contribution in [0.5, 0.6) is 0 Å². The van der Waals surface area contributed by atoms with Gasteiger partial charge in [-0.15, -0.1) is 0 Å². The number of piperidine rings is 1. The summed E-state index contributed by atoms with van der Waals surface area (Å²) in [6.07, 6.45) is 1.36. The Balaban J connectivity index is 1.66. The third-order valence-electron chi connectivity index (χ3n) is 5.45. The van der Waals surface area contributed by atoms with E-state index in [1.54, 1.807) is 4.90 Å². The van der Waals surface area contributed by atoms with Crippen LogP contribution >= 0.6 is 0 Å². The highest BCUT2D eigenvalue weighted by Crippen LogP contribution is 2.33. The van der Waals surface area contributed by atoms with Crippen LogP contribution in [0.1, 0.15) is 31.2 Å². The third kappa shape index (κ3) is 5.22. The molecule has 1 unspecified atom stereocenters. The van der Waals surface area contributed by atoms with Gasteiger partial charge < -0.3 is 15.4 Å². The van der Waals surface area contributed by atoms with E-state index in [0.717, 1.165) is 16.7 Å². The molecule has 6 heteroatoms. The van der Waals surface area contributed by atoms with Crippen LogP contribution in [0.15, 0.2) is 54.6 Å². The van der Waals surface area contributed by atoms with E-state index < -0.39 is 5.97 Å². The van der Waals surface area contributed by atoms with Gasteiger partial charge in [0.05, 0.1) is 5.92 Å². The summed E-state index contributed by atoms with van der Waals surface area (Å²) in [6.45, 7) is 2.09. The number of ether oxygens (including phenoxy) is 1. The van der Waals surface area contributed by atoms with Gasteiger partial charge in [0.2, 0.25) is 5.91 Å². The van der Waals surface area contributed by atoms with Crippen molar-refractivity contribution in [2.75, 3.05) is 19.7 Å². The van der Waals surface area contributed by atoms with Crippen molar-refractivity contribution >= 4 is 17.8 Å². The van der Waals surface area contributed by atoms with Crippen LogP contribution in [-0.2, 0) is 19.1 Å². The molecule has 0 aromatic heterocycles. The highest BCUT2D eigenvalue weighted by atomic mass is 16.5. The number of carbonyl (C=O) groups is 3. The highest BCUT2D eigenvalue weighted by molar-refractivity contribution is 5.83. The molecule has 2 amide bonds. The standard InChI is InChI=1S/C23H26N2O4/c1-16(26)29-15-21(27)25-13-11-20(12-14-25)22(23(24)28)19-9-7-18(8-10-19)17-5-3-2-4-6-17/h2-10,20,22H,11-15H2,1H3,(H2,24,28). The van der Waals surface area contributed by atoms with E-state index in [2.05, 4.69) is 0 Å². The molecule has 29 heavy (non-hydrogen) atoms. The lowest BCUT2D eigenvalue weighted by atomic mass is 9.79. The molecule has 1 heterocycles. The average molecular weight is 394 g/mol. The lowest BCUT2D eigenvalue weighted by molar-refractivity contribution is -0.151. The van der Waals surface area contributed by atoms with E-state index in [9.17, 15) is 14.4 Å². The maximum absolute atomic E-state index is 12.2. The van der Waals surface area contributed by atoms with Crippen LogP contribution in [0.2, 0.25) is 0 Å². The van der Waals surface area contributed by atoms with Gasteiger partial charge in [0.15, 0.2) is 6.61 Å². The maximum Gasteiger partial charge on any atom is 0.303 e. The van der Waals surface area contributed by atoms with E-state index in [4.69, 9.17) is 10.5 Å². The number of rotatable bonds is 6. The molecule has 1 saturated heterocycles. The van der Waals surface area contributed by atoms with Gasteiger partial charge in [0, 0.05) is 20.0 Å². The zero-order chi connectivity index (χ0) is 20.8. The van der Waals surface area contributed by atoms with Crippen LogP contribution in [0.4, 0.5) is 0 Å². The molecular formula is C23H26N2O4. The smallest absolute Gasteiger partial charge is 0.303 e. The van der Waals surface area contributed by atoms with Gasteiger partial charge in [-0.2, -0.15) is 0 Å². The van der Waals surface area contributed by atoms with E-state index in [1.807, 2.05) is 54.6 Å². The van der Waals surface area contributed by atoms with Crippen molar-refractivity contribution in [1.82, 2.24) is 4.90 Å². The highest BCUT2D eigenvalue weighted by Gasteiger charge is 2.32. The summed E-state index contributed by atoms with van der Waals surface area (Å²) in [5.41, 5.74) is 8.86. The minimum atomic E-state index is -0.471. The lowest BCUT2D eigenvalue weighted by Gasteiger charge is -2.35. The molecule has 0 bridgehead atoms. The van der Waals surface area contributed by atoms with Crippen LogP contribution in [0.3, 0.4) is 0 Å². The topological polar surface area (TPSA) is 89.7 Å². The number of hydrogen-bond acceptors (Lipinski definition) is 4. The van der Waals surface area contributed by atoms with E-state index in [1.165, 1.54) is 6.92 Å². The molecule has 1 fully saturated rings. The first-order chi connectivity index (χ1) is 14.0. The molecule has 1 atom stereocenters. The van der Waals surface area contributed by atoms with Crippen molar-refractivity contribution in [3.63, 3.8) is 0 Å². The molecule has 0 aliphatic carbocycles. The first-order valence-electron chi connectivity index (χ1n) is 9.81. The molecule has 1 aliphatic rings. The van der Waals surface area contributed by atoms with Gasteiger partial charge in [-0.25, -0.2) is 0 Å². The van der Waals surface area contributed by atoms with Crippen molar-refractivity contribution < 1.29 is 19.1 Å². The molecule has 2 N–H and O–H groups in total. The van der Waals surface area contributed by atoms with Crippen LogP contribution in [0.25, 0.3) is 11.1 Å². The predicted octanol–water partition coefficient (Wildman–Crippen LogP) is 2.72. The molecule has 2 aromatic rings. The summed E-state index contributed by atoms with van der Waals surface area (Å²) in [4.78, 5) is 36.9. The molecule has 0 saturated carbocycles. The number of hydrogen-bond donors (Lipinski definition) is 1. The van der Waals surface area contributed by atoms with E-state index in [0.29, 0.717) is 25.9 Å². The number of benzene rings is 2. The zero-order valence-corrected chi connectivity index (χ0v) is 16.5. The Labute approximate surface area is 170 Å². The molecule has 0 radical (unpaired) electrons. The molecule has 152 valence electrons. The largest absolute Gasteiger partial charge is 0.456 e. The molecular weight excluding hydrogens is 368 g/mol. The van der Waals surface area contributed by atoms with Gasteiger partial charge in [-0.05, 0) is 35.4 Å². The summed E-state index contributed by atoms with van der Waals surface area (Å²) in [6, 6.07) is 18.0. The Kier molecular flexibility index (Phi) is 6.65. The molecule has 6 nitrogen and oxygen atoms in total. The Morgan fingerprint density at radius 1 is 1.00 bits per heavy atom. The van der Waals surface area contributed by atoms with Crippen molar-refractivity contribution in [3.8, 4) is 11.1 Å². The summed E-state index contributed by atoms with van der Waals surface area (Å²) in [5, 5.41) is 0. The molecule has 1 aliphatic heterocycles. The van der Waals surface area contributed by atoms with Crippen molar-refractivity contribution in [2.45, 2.75) is 25.7 Å². The van der Waals surface area contributed by atoms with Gasteiger partial charge in [0.1, 0.15) is 0 Å². The second kappa shape index (κ2) is 9.37. The lowest BCUT2D eigenvalue weighted by Crippen LogP contribution is -2.43. The number of primary amides is 1. The molecule has 0 spiro atoms. The zero-order valence-electron chi connectivity index (χ0n) is 16.5. The maximum atomic E-state index is 12.2. The number of carbonyl (C=O) groups excluding carboxylic acids is 3. The minimum absolute atomic E-state index is 0.0767. The Morgan fingerprint density at radius 2 is 1.59 bits per heavy atom. The number of nitrogens with zero attached hydrogens (tertiary/aromatic N) is 1. The third-order valence-corrected chi connectivity index (χ3v) is 5.45. The second-order valence-electron chi connectivity index (χ2n) is 7.37. The fourth-order valence-electron chi connectivity index (χ4n) is 3.92. The Morgan fingerprint density at radius 3 is 2.14 bits per heavy atom. The van der Waals surface area contributed by atoms with Crippen molar-refractivity contribution in [2.24, 2.45) is 11.7 Å². The first-order valence-corrected chi connectivity index (χ1v) is 9.81. The number of likely N-dealkylation sites (tertiary alicyclic amines) is 1. The number of nitrogens with two attached hydrogens (primary N) is 1. The molecule has 2 aromatic carbocycles. The quantitative estimate of drug-likeness (QED) is 0.763. The van der Waals surface area contributed by atoms with E-state index >= 15 is 0 Å². The average Bonchev–Trinajstić information content (AvgIpc) is 2.73. The fourth-order valence-corrected chi connectivity index (χ4v) is 3.92. The predicted molar refractivity (Wildman–Crippen MR) is 110 cm³/mol. The number of esters is 1. The van der Waals surface area contributed by atoms with Gasteiger partial charge in [0.25, 0.3) is 5.91 Å². The van der Waals surface area contributed by atoms with Crippen LogP contribution < -0.4 is 5.73 Å². The van der Waals surface area contributed by atoms with Crippen molar-refractivity contribution in [3.05, 3.63) is 60.2 Å². The normalized spacial score (nSPS) is 15.6. The first kappa shape index (κ1) is 20.6. The van der Waals surface area contributed by atoms with Gasteiger partial charge in [-0.1, -0.05) is 54.6 Å². The summed E-state index contributed by atoms with van der Waals surface area (Å²) < 4.78 is 4.78. The van der Waals surface area contributed by atoms with Crippen LogP contribution in [0, 0.1) is 5.92 Å². The second-order valence-corrected chi connectivity index (χ2v) is 7.37. The molecule has 3 rings (SSSR count). The Hall–Kier alpha value is -3.15. The fraction of sp³-hybridized carbons (Fsp3) is 0.348. The SMILES string of the molecule is CC(=O)OCC(=O)N1CCC(C(C(N)=O)c2ccc(-c3ccccc3)cc2)CC1. The monoisotopic (exact) mass is 394 g/mol. The minimum Gasteiger partial charge on any atom is -0.456 e. The summed E-state index contributed by atoms with van der Waals surface area (Å²) in [5.74, 6) is -1.33. The van der Waals surface area contributed by atoms with Gasteiger partial charge >= 0.3 is 5.97 Å². The van der Waals surface area contributed by atoms with Crippen LogP contribution in [-0.4, -0.2) is 42.4 Å². The summed E-state index contributed by atoms with van der Waals surface area (Å²) in [7, 11) is 0. The number of amides is 2. The summed E-state index contributed by atoms with van der Waals surface area (Å²) >= 11 is 0.